The van der Waals surface area contributed by atoms with Crippen LogP contribution < -0.4 is 4.74 Å². The molecule has 0 atom stereocenters. The van der Waals surface area contributed by atoms with Crippen LogP contribution in [0.15, 0.2) is 30.9 Å². The zero-order valence-corrected chi connectivity index (χ0v) is 9.16. The standard InChI is InChI=1S/C12H16FNO/c1-4-7-14(2)9-10-5-6-12(15-3)11(13)8-10/h4-6,8H,1,7,9H2,2-3H3. The first-order chi connectivity index (χ1) is 7.17. The molecule has 1 rings (SSSR count). The smallest absolute Gasteiger partial charge is 0.165 e. The Labute approximate surface area is 90.0 Å². The van der Waals surface area contributed by atoms with E-state index in [4.69, 9.17) is 4.74 Å². The second kappa shape index (κ2) is 5.51. The van der Waals surface area contributed by atoms with Crippen molar-refractivity contribution in [1.82, 2.24) is 4.90 Å². The van der Waals surface area contributed by atoms with Gasteiger partial charge in [0, 0.05) is 13.1 Å². The summed E-state index contributed by atoms with van der Waals surface area (Å²) >= 11 is 0. The van der Waals surface area contributed by atoms with E-state index in [1.54, 1.807) is 6.07 Å². The quantitative estimate of drug-likeness (QED) is 0.691. The van der Waals surface area contributed by atoms with Crippen molar-refractivity contribution in [3.05, 3.63) is 42.2 Å². The molecule has 82 valence electrons. The van der Waals surface area contributed by atoms with Gasteiger partial charge in [-0.2, -0.15) is 0 Å². The Bertz CT molecular complexity index is 338. The number of nitrogens with zero attached hydrogens (tertiary/aromatic N) is 1. The number of rotatable bonds is 5. The third kappa shape index (κ3) is 3.36. The van der Waals surface area contributed by atoms with Crippen molar-refractivity contribution in [3.63, 3.8) is 0 Å². The van der Waals surface area contributed by atoms with Crippen molar-refractivity contribution in [3.8, 4) is 5.75 Å². The predicted octanol–water partition coefficient (Wildman–Crippen LogP) is 2.45. The van der Waals surface area contributed by atoms with Gasteiger partial charge in [-0.3, -0.25) is 4.90 Å². The lowest BCUT2D eigenvalue weighted by molar-refractivity contribution is 0.359. The Morgan fingerprint density at radius 3 is 2.80 bits per heavy atom. The lowest BCUT2D eigenvalue weighted by atomic mass is 10.2. The molecule has 0 heterocycles. The molecule has 15 heavy (non-hydrogen) atoms. The molecule has 3 heteroatoms. The van der Waals surface area contributed by atoms with Crippen LogP contribution in [0.4, 0.5) is 4.39 Å². The third-order valence-corrected chi connectivity index (χ3v) is 2.11. The predicted molar refractivity (Wildman–Crippen MR) is 59.5 cm³/mol. The van der Waals surface area contributed by atoms with Crippen molar-refractivity contribution >= 4 is 0 Å². The van der Waals surface area contributed by atoms with Crippen molar-refractivity contribution in [2.75, 3.05) is 20.7 Å². The minimum atomic E-state index is -0.318. The van der Waals surface area contributed by atoms with E-state index in [0.717, 1.165) is 12.1 Å². The lowest BCUT2D eigenvalue weighted by Crippen LogP contribution is -2.17. The number of hydrogen-bond donors (Lipinski definition) is 0. The first-order valence-corrected chi connectivity index (χ1v) is 4.79. The number of halogens is 1. The second-order valence-electron chi connectivity index (χ2n) is 3.45. The first kappa shape index (κ1) is 11.7. The monoisotopic (exact) mass is 209 g/mol. The summed E-state index contributed by atoms with van der Waals surface area (Å²) in [5.41, 5.74) is 0.928. The van der Waals surface area contributed by atoms with Gasteiger partial charge in [0.2, 0.25) is 0 Å². The van der Waals surface area contributed by atoms with Gasteiger partial charge in [0.05, 0.1) is 7.11 Å². The van der Waals surface area contributed by atoms with Crippen LogP contribution in [-0.4, -0.2) is 25.6 Å². The van der Waals surface area contributed by atoms with Crippen molar-refractivity contribution in [2.24, 2.45) is 0 Å². The molecule has 0 aliphatic heterocycles. The zero-order chi connectivity index (χ0) is 11.3. The van der Waals surface area contributed by atoms with Gasteiger partial charge in [0.25, 0.3) is 0 Å². The number of methoxy groups -OCH3 is 1. The van der Waals surface area contributed by atoms with Crippen LogP contribution in [0.2, 0.25) is 0 Å². The Morgan fingerprint density at radius 2 is 2.27 bits per heavy atom. The number of likely N-dealkylation sites (N-methyl/N-ethyl adjacent to an activating group) is 1. The van der Waals surface area contributed by atoms with E-state index in [-0.39, 0.29) is 11.6 Å². The van der Waals surface area contributed by atoms with Gasteiger partial charge in [-0.15, -0.1) is 6.58 Å². The fraction of sp³-hybridized carbons (Fsp3) is 0.333. The highest BCUT2D eigenvalue weighted by Crippen LogP contribution is 2.18. The Morgan fingerprint density at radius 1 is 1.53 bits per heavy atom. The zero-order valence-electron chi connectivity index (χ0n) is 9.16. The summed E-state index contributed by atoms with van der Waals surface area (Å²) in [7, 11) is 3.42. The molecule has 0 unspecified atom stereocenters. The highest BCUT2D eigenvalue weighted by atomic mass is 19.1. The van der Waals surface area contributed by atoms with Gasteiger partial charge < -0.3 is 4.74 Å². The average Bonchev–Trinajstić information content (AvgIpc) is 2.18. The van der Waals surface area contributed by atoms with Crippen molar-refractivity contribution in [2.45, 2.75) is 6.54 Å². The molecule has 1 aromatic rings. The van der Waals surface area contributed by atoms with Crippen LogP contribution in [0.3, 0.4) is 0 Å². The number of ether oxygens (including phenoxy) is 1. The van der Waals surface area contributed by atoms with Gasteiger partial charge in [-0.1, -0.05) is 12.1 Å². The van der Waals surface area contributed by atoms with E-state index in [1.807, 2.05) is 24.1 Å². The second-order valence-corrected chi connectivity index (χ2v) is 3.45. The molecule has 2 nitrogen and oxygen atoms in total. The summed E-state index contributed by atoms with van der Waals surface area (Å²) in [4.78, 5) is 2.05. The molecule has 0 aliphatic rings. The van der Waals surface area contributed by atoms with Gasteiger partial charge in [-0.25, -0.2) is 4.39 Å². The van der Waals surface area contributed by atoms with Gasteiger partial charge >= 0.3 is 0 Å². The Hall–Kier alpha value is -1.35. The molecule has 0 bridgehead atoms. The van der Waals surface area contributed by atoms with Crippen molar-refractivity contribution < 1.29 is 9.13 Å². The SMILES string of the molecule is C=CCN(C)Cc1ccc(OC)c(F)c1. The number of benzene rings is 1. The Kier molecular flexibility index (Phi) is 4.31. The average molecular weight is 209 g/mol. The van der Waals surface area contributed by atoms with Gasteiger partial charge in [-0.05, 0) is 24.7 Å². The van der Waals surface area contributed by atoms with Crippen LogP contribution in [0.5, 0.6) is 5.75 Å². The summed E-state index contributed by atoms with van der Waals surface area (Å²) in [5.74, 6) is -0.0351. The van der Waals surface area contributed by atoms with E-state index < -0.39 is 0 Å². The minimum Gasteiger partial charge on any atom is -0.494 e. The van der Waals surface area contributed by atoms with E-state index in [9.17, 15) is 4.39 Å². The molecule has 0 radical (unpaired) electrons. The van der Waals surface area contributed by atoms with Crippen LogP contribution in [-0.2, 0) is 6.54 Å². The highest BCUT2D eigenvalue weighted by molar-refractivity contribution is 5.29. The first-order valence-electron chi connectivity index (χ1n) is 4.79. The molecule has 0 aromatic heterocycles. The summed E-state index contributed by atoms with van der Waals surface area (Å²) in [6, 6.07) is 5.01. The molecule has 0 N–H and O–H groups in total. The molecular formula is C12H16FNO. The summed E-state index contributed by atoms with van der Waals surface area (Å²) in [6.07, 6.45) is 1.82. The summed E-state index contributed by atoms with van der Waals surface area (Å²) < 4.78 is 18.2. The van der Waals surface area contributed by atoms with Crippen LogP contribution >= 0.6 is 0 Å². The molecule has 0 amide bonds. The maximum Gasteiger partial charge on any atom is 0.165 e. The number of hydrogen-bond acceptors (Lipinski definition) is 2. The van der Waals surface area contributed by atoms with Gasteiger partial charge in [0.1, 0.15) is 0 Å². The molecule has 0 spiro atoms. The van der Waals surface area contributed by atoms with Crippen LogP contribution in [0, 0.1) is 5.82 Å². The molecule has 0 saturated carbocycles. The third-order valence-electron chi connectivity index (χ3n) is 2.11. The fourth-order valence-electron chi connectivity index (χ4n) is 1.40. The van der Waals surface area contributed by atoms with Crippen molar-refractivity contribution in [1.29, 1.82) is 0 Å². The topological polar surface area (TPSA) is 12.5 Å². The fourth-order valence-corrected chi connectivity index (χ4v) is 1.40. The molecule has 1 aromatic carbocycles. The summed E-state index contributed by atoms with van der Waals surface area (Å²) in [6.45, 7) is 5.14. The molecule has 0 fully saturated rings. The van der Waals surface area contributed by atoms with E-state index in [1.165, 1.54) is 13.2 Å². The molecular weight excluding hydrogens is 193 g/mol. The van der Waals surface area contributed by atoms with Crippen LogP contribution in [0.25, 0.3) is 0 Å². The lowest BCUT2D eigenvalue weighted by Gasteiger charge is -2.14. The minimum absolute atomic E-state index is 0.283. The molecule has 0 aliphatic carbocycles. The van der Waals surface area contributed by atoms with E-state index in [2.05, 4.69) is 6.58 Å². The Balaban J connectivity index is 2.70. The largest absolute Gasteiger partial charge is 0.494 e. The highest BCUT2D eigenvalue weighted by Gasteiger charge is 2.04. The van der Waals surface area contributed by atoms with E-state index >= 15 is 0 Å². The normalized spacial score (nSPS) is 10.4. The van der Waals surface area contributed by atoms with E-state index in [0.29, 0.717) is 6.54 Å². The van der Waals surface area contributed by atoms with Gasteiger partial charge in [0.15, 0.2) is 11.6 Å². The molecule has 0 saturated heterocycles. The maximum absolute atomic E-state index is 13.3. The summed E-state index contributed by atoms with van der Waals surface area (Å²) in [5, 5.41) is 0. The van der Waals surface area contributed by atoms with Crippen LogP contribution in [0.1, 0.15) is 5.56 Å². The maximum atomic E-state index is 13.3.